The summed E-state index contributed by atoms with van der Waals surface area (Å²) in [5.41, 5.74) is 2.44. The molecule has 0 atom stereocenters. The van der Waals surface area contributed by atoms with Crippen molar-refractivity contribution in [2.24, 2.45) is 4.99 Å². The van der Waals surface area contributed by atoms with Crippen LogP contribution in [0.25, 0.3) is 0 Å². The van der Waals surface area contributed by atoms with Gasteiger partial charge >= 0.3 is 0 Å². The Morgan fingerprint density at radius 2 is 1.81 bits per heavy atom. The summed E-state index contributed by atoms with van der Waals surface area (Å²) in [7, 11) is 1.80. The summed E-state index contributed by atoms with van der Waals surface area (Å²) in [6.07, 6.45) is 7.99. The third-order valence-corrected chi connectivity index (χ3v) is 4.70. The molecule has 1 aromatic carbocycles. The molecule has 2 rings (SSSR count). The molecule has 0 radical (unpaired) electrons. The first-order valence-corrected chi connectivity index (χ1v) is 10.0. The molecular weight excluding hydrogens is 326 g/mol. The fourth-order valence-corrected chi connectivity index (χ4v) is 3.14. The van der Waals surface area contributed by atoms with Gasteiger partial charge in [-0.3, -0.25) is 4.99 Å². The molecule has 1 saturated carbocycles. The molecule has 0 spiro atoms. The van der Waals surface area contributed by atoms with Gasteiger partial charge in [0.2, 0.25) is 0 Å². The predicted molar refractivity (Wildman–Crippen MR) is 107 cm³/mol. The second-order valence-corrected chi connectivity index (χ2v) is 6.79. The van der Waals surface area contributed by atoms with Crippen LogP contribution in [-0.4, -0.2) is 38.9 Å². The van der Waals surface area contributed by atoms with Gasteiger partial charge in [0.1, 0.15) is 0 Å². The molecule has 0 amide bonds. The van der Waals surface area contributed by atoms with Crippen LogP contribution in [0.2, 0.25) is 0 Å². The molecule has 146 valence electrons. The normalized spacial score (nSPS) is 15.8. The van der Waals surface area contributed by atoms with E-state index in [1.807, 2.05) is 6.92 Å². The van der Waals surface area contributed by atoms with Crippen molar-refractivity contribution >= 4 is 5.96 Å². The van der Waals surface area contributed by atoms with Crippen LogP contribution in [0.15, 0.2) is 29.3 Å². The Morgan fingerprint density at radius 1 is 1.08 bits per heavy atom. The van der Waals surface area contributed by atoms with Gasteiger partial charge in [0.25, 0.3) is 0 Å². The van der Waals surface area contributed by atoms with Crippen molar-refractivity contribution < 1.29 is 9.47 Å². The van der Waals surface area contributed by atoms with Gasteiger partial charge in [-0.25, -0.2) is 0 Å². The maximum Gasteiger partial charge on any atom is 0.191 e. The monoisotopic (exact) mass is 361 g/mol. The zero-order valence-electron chi connectivity index (χ0n) is 16.4. The fourth-order valence-electron chi connectivity index (χ4n) is 3.14. The predicted octanol–water partition coefficient (Wildman–Crippen LogP) is 3.63. The van der Waals surface area contributed by atoms with Gasteiger partial charge in [0, 0.05) is 33.4 Å². The van der Waals surface area contributed by atoms with Crippen molar-refractivity contribution in [2.45, 2.75) is 64.7 Å². The van der Waals surface area contributed by atoms with E-state index in [1.165, 1.54) is 43.2 Å². The van der Waals surface area contributed by atoms with E-state index in [4.69, 9.17) is 9.47 Å². The maximum atomic E-state index is 5.96. The van der Waals surface area contributed by atoms with Crippen molar-refractivity contribution in [1.29, 1.82) is 0 Å². The van der Waals surface area contributed by atoms with Crippen molar-refractivity contribution in [3.8, 4) is 0 Å². The van der Waals surface area contributed by atoms with Crippen LogP contribution in [0.3, 0.4) is 0 Å². The lowest BCUT2D eigenvalue weighted by Gasteiger charge is -2.22. The third kappa shape index (κ3) is 8.19. The van der Waals surface area contributed by atoms with Crippen molar-refractivity contribution in [3.05, 3.63) is 35.4 Å². The molecule has 0 unspecified atom stereocenters. The molecular formula is C21H35N3O2. The zero-order chi connectivity index (χ0) is 18.5. The Hall–Kier alpha value is -1.59. The number of aliphatic imine (C=N–C) groups is 1. The van der Waals surface area contributed by atoms with E-state index in [1.54, 1.807) is 7.05 Å². The van der Waals surface area contributed by atoms with E-state index in [2.05, 4.69) is 39.9 Å². The Balaban J connectivity index is 1.58. The number of guanidine groups is 1. The topological polar surface area (TPSA) is 54.9 Å². The standard InChI is InChI=1S/C21H35N3O2/c1-3-25-17-19-12-10-18(11-13-19)16-24-21(22-2)23-14-7-15-26-20-8-5-4-6-9-20/h10-13,20H,3-9,14-17H2,1-2H3,(H2,22,23,24). The molecule has 0 heterocycles. The van der Waals surface area contributed by atoms with Gasteiger partial charge in [-0.15, -0.1) is 0 Å². The third-order valence-electron chi connectivity index (χ3n) is 4.70. The summed E-state index contributed by atoms with van der Waals surface area (Å²) in [6, 6.07) is 8.50. The van der Waals surface area contributed by atoms with Gasteiger partial charge < -0.3 is 20.1 Å². The Labute approximate surface area is 158 Å². The molecule has 0 bridgehead atoms. The van der Waals surface area contributed by atoms with Crippen molar-refractivity contribution in [1.82, 2.24) is 10.6 Å². The lowest BCUT2D eigenvalue weighted by atomic mass is 9.98. The molecule has 2 N–H and O–H groups in total. The van der Waals surface area contributed by atoms with E-state index in [0.717, 1.165) is 38.7 Å². The Bertz CT molecular complexity index is 510. The van der Waals surface area contributed by atoms with Crippen LogP contribution >= 0.6 is 0 Å². The minimum absolute atomic E-state index is 0.492. The number of benzene rings is 1. The molecule has 1 fully saturated rings. The second kappa shape index (κ2) is 12.7. The first-order valence-electron chi connectivity index (χ1n) is 10.0. The first-order chi connectivity index (χ1) is 12.8. The summed E-state index contributed by atoms with van der Waals surface area (Å²) < 4.78 is 11.4. The largest absolute Gasteiger partial charge is 0.378 e. The molecule has 1 aliphatic rings. The first kappa shape index (κ1) is 20.7. The molecule has 0 saturated heterocycles. The van der Waals surface area contributed by atoms with Crippen LogP contribution in [0.1, 0.15) is 56.6 Å². The number of hydrogen-bond donors (Lipinski definition) is 2. The average molecular weight is 362 g/mol. The summed E-state index contributed by atoms with van der Waals surface area (Å²) >= 11 is 0. The molecule has 1 aromatic rings. The van der Waals surface area contributed by atoms with Gasteiger partial charge in [0.05, 0.1) is 12.7 Å². The minimum atomic E-state index is 0.492. The second-order valence-electron chi connectivity index (χ2n) is 6.79. The Morgan fingerprint density at radius 3 is 2.50 bits per heavy atom. The van der Waals surface area contributed by atoms with E-state index in [0.29, 0.717) is 12.7 Å². The van der Waals surface area contributed by atoms with E-state index in [-0.39, 0.29) is 0 Å². The van der Waals surface area contributed by atoms with Crippen LogP contribution in [-0.2, 0) is 22.6 Å². The van der Waals surface area contributed by atoms with E-state index in [9.17, 15) is 0 Å². The van der Waals surface area contributed by atoms with Crippen LogP contribution < -0.4 is 10.6 Å². The van der Waals surface area contributed by atoms with Crippen molar-refractivity contribution in [2.75, 3.05) is 26.8 Å². The fraction of sp³-hybridized carbons (Fsp3) is 0.667. The van der Waals surface area contributed by atoms with Gasteiger partial charge in [-0.05, 0) is 37.3 Å². The number of nitrogens with zero attached hydrogens (tertiary/aromatic N) is 1. The highest BCUT2D eigenvalue weighted by molar-refractivity contribution is 5.79. The zero-order valence-corrected chi connectivity index (χ0v) is 16.4. The molecule has 1 aliphatic carbocycles. The number of rotatable bonds is 10. The highest BCUT2D eigenvalue weighted by atomic mass is 16.5. The van der Waals surface area contributed by atoms with Crippen LogP contribution in [0, 0.1) is 0 Å². The van der Waals surface area contributed by atoms with E-state index >= 15 is 0 Å². The number of nitrogens with one attached hydrogen (secondary N) is 2. The quantitative estimate of drug-likeness (QED) is 0.380. The molecule has 0 aromatic heterocycles. The average Bonchev–Trinajstić information content (AvgIpc) is 2.70. The lowest BCUT2D eigenvalue weighted by molar-refractivity contribution is 0.0277. The lowest BCUT2D eigenvalue weighted by Crippen LogP contribution is -2.37. The summed E-state index contributed by atoms with van der Waals surface area (Å²) in [5.74, 6) is 0.834. The van der Waals surface area contributed by atoms with Crippen LogP contribution in [0.5, 0.6) is 0 Å². The maximum absolute atomic E-state index is 5.96. The van der Waals surface area contributed by atoms with Gasteiger partial charge in [-0.1, -0.05) is 43.5 Å². The van der Waals surface area contributed by atoms with Gasteiger partial charge in [0.15, 0.2) is 5.96 Å². The SMILES string of the molecule is CCOCc1ccc(CNC(=NC)NCCCOC2CCCCC2)cc1. The van der Waals surface area contributed by atoms with Crippen LogP contribution in [0.4, 0.5) is 0 Å². The van der Waals surface area contributed by atoms with Gasteiger partial charge in [-0.2, -0.15) is 0 Å². The van der Waals surface area contributed by atoms with E-state index < -0.39 is 0 Å². The number of ether oxygens (including phenoxy) is 2. The summed E-state index contributed by atoms with van der Waals surface area (Å²) in [5, 5.41) is 6.71. The molecule has 0 aliphatic heterocycles. The summed E-state index contributed by atoms with van der Waals surface area (Å²) in [6.45, 7) is 5.90. The summed E-state index contributed by atoms with van der Waals surface area (Å²) in [4.78, 5) is 4.28. The number of hydrogen-bond acceptors (Lipinski definition) is 3. The van der Waals surface area contributed by atoms with Crippen molar-refractivity contribution in [3.63, 3.8) is 0 Å². The molecule has 5 heteroatoms. The Kier molecular flexibility index (Phi) is 10.1. The highest BCUT2D eigenvalue weighted by Crippen LogP contribution is 2.20. The smallest absolute Gasteiger partial charge is 0.191 e. The highest BCUT2D eigenvalue weighted by Gasteiger charge is 2.12. The minimum Gasteiger partial charge on any atom is -0.378 e. The molecule has 5 nitrogen and oxygen atoms in total. The molecule has 26 heavy (non-hydrogen) atoms.